The minimum atomic E-state index is -1.71. The van der Waals surface area contributed by atoms with Gasteiger partial charge in [0.2, 0.25) is 0 Å². The summed E-state index contributed by atoms with van der Waals surface area (Å²) >= 11 is 0. The van der Waals surface area contributed by atoms with Crippen LogP contribution in [-0.2, 0) is 18.9 Å². The average Bonchev–Trinajstić information content (AvgIpc) is 3.40. The molecule has 0 bridgehead atoms. The van der Waals surface area contributed by atoms with Crippen LogP contribution >= 0.6 is 0 Å². The van der Waals surface area contributed by atoms with Crippen LogP contribution in [0.25, 0.3) is 0 Å². The van der Waals surface area contributed by atoms with Gasteiger partial charge in [0.25, 0.3) is 0 Å². The molecule has 2 saturated heterocycles. The number of hydrogen-bond acceptors (Lipinski definition) is 14. The first kappa shape index (κ1) is 44.7. The van der Waals surface area contributed by atoms with Crippen LogP contribution in [0.5, 0.6) is 0 Å². The second-order valence-electron chi connectivity index (χ2n) is 20.3. The Labute approximate surface area is 331 Å². The Balaban J connectivity index is 1.13. The highest BCUT2D eigenvalue weighted by molar-refractivity contribution is 5.31. The molecule has 0 aromatic carbocycles. The third-order valence-electron chi connectivity index (χ3n) is 16.6. The Morgan fingerprint density at radius 3 is 2.00 bits per heavy atom. The monoisotopic (exact) mass is 800 g/mol. The van der Waals surface area contributed by atoms with E-state index < -0.39 is 92.4 Å². The van der Waals surface area contributed by atoms with Crippen LogP contribution in [-0.4, -0.2) is 150 Å². The fourth-order valence-electron chi connectivity index (χ4n) is 12.6. The maximum Gasteiger partial charge on any atom is 0.187 e. The van der Waals surface area contributed by atoms with E-state index in [-0.39, 0.29) is 45.5 Å². The van der Waals surface area contributed by atoms with Gasteiger partial charge in [-0.15, -0.1) is 0 Å². The van der Waals surface area contributed by atoms with Crippen LogP contribution in [0.15, 0.2) is 11.6 Å². The zero-order chi connectivity index (χ0) is 41.5. The van der Waals surface area contributed by atoms with Gasteiger partial charge < -0.3 is 70.0 Å². The number of aliphatic hydroxyl groups is 10. The van der Waals surface area contributed by atoms with Crippen LogP contribution in [0.1, 0.15) is 107 Å². The van der Waals surface area contributed by atoms with Gasteiger partial charge in [0, 0.05) is 10.8 Å². The number of hydrogen-bond donors (Lipinski definition) is 10. The van der Waals surface area contributed by atoms with E-state index in [9.17, 15) is 51.1 Å². The van der Waals surface area contributed by atoms with E-state index in [1.165, 1.54) is 5.57 Å². The molecule has 324 valence electrons. The van der Waals surface area contributed by atoms with E-state index in [1.807, 2.05) is 0 Å². The molecule has 14 heteroatoms. The summed E-state index contributed by atoms with van der Waals surface area (Å²) in [4.78, 5) is 0. The normalized spacial score (nSPS) is 50.3. The molecule has 14 nitrogen and oxygen atoms in total. The van der Waals surface area contributed by atoms with Crippen molar-refractivity contribution in [2.24, 2.45) is 45.3 Å². The molecule has 2 aliphatic heterocycles. The summed E-state index contributed by atoms with van der Waals surface area (Å²) < 4.78 is 23.1. The minimum absolute atomic E-state index is 0.0159. The number of allylic oxidation sites excluding steroid dienone is 1. The lowest BCUT2D eigenvalue weighted by Gasteiger charge is -2.67. The van der Waals surface area contributed by atoms with E-state index in [2.05, 4.69) is 47.6 Å². The second-order valence-corrected chi connectivity index (χ2v) is 20.3. The van der Waals surface area contributed by atoms with Gasteiger partial charge in [-0.2, -0.15) is 0 Å². The van der Waals surface area contributed by atoms with Gasteiger partial charge in [0.05, 0.1) is 37.1 Å². The van der Waals surface area contributed by atoms with Gasteiger partial charge in [-0.1, -0.05) is 53.2 Å². The maximum atomic E-state index is 12.3. The molecule has 0 aromatic heterocycles. The Morgan fingerprint density at radius 2 is 1.38 bits per heavy atom. The van der Waals surface area contributed by atoms with Gasteiger partial charge in [-0.05, 0) is 99.7 Å². The molecule has 6 aliphatic rings. The highest BCUT2D eigenvalue weighted by atomic mass is 16.7. The Bertz CT molecular complexity index is 1400. The molecule has 20 atom stereocenters. The van der Waals surface area contributed by atoms with E-state index in [0.29, 0.717) is 25.2 Å². The van der Waals surface area contributed by atoms with Crippen LogP contribution in [0.2, 0.25) is 0 Å². The Kier molecular flexibility index (Phi) is 12.7. The lowest BCUT2D eigenvalue weighted by molar-refractivity contribution is -0.341. The Morgan fingerprint density at radius 1 is 0.768 bits per heavy atom. The molecule has 6 rings (SSSR count). The summed E-state index contributed by atoms with van der Waals surface area (Å²) in [6.07, 6.45) is -8.48. The van der Waals surface area contributed by atoms with E-state index in [0.717, 1.165) is 32.1 Å². The SMILES string of the molecule is CC(CC[C@@H](O[C@@H]1O[C@H](CO[C@@H]2O[C@H](CO)[C@@H](O)[C@H](O)[C@H]2O)[C@@H](O)[C@H](O)[C@H]1O)C(C)(C)O)[C@H]1CC[C@@]2(C)[C@@H]3CC=C4[C@@H](CC[C@H](O)C4(C)C)[C@]3(C)[C@H](O)C[C@]12C. The van der Waals surface area contributed by atoms with E-state index >= 15 is 0 Å². The highest BCUT2D eigenvalue weighted by Gasteiger charge is 2.70. The lowest BCUT2D eigenvalue weighted by Crippen LogP contribution is -2.64. The predicted molar refractivity (Wildman–Crippen MR) is 202 cm³/mol. The van der Waals surface area contributed by atoms with Gasteiger partial charge in [-0.3, -0.25) is 0 Å². The van der Waals surface area contributed by atoms with Crippen molar-refractivity contribution < 1.29 is 70.0 Å². The summed E-state index contributed by atoms with van der Waals surface area (Å²) in [6.45, 7) is 15.7. The quantitative estimate of drug-likeness (QED) is 0.132. The van der Waals surface area contributed by atoms with Crippen molar-refractivity contribution in [2.75, 3.05) is 13.2 Å². The van der Waals surface area contributed by atoms with Crippen molar-refractivity contribution in [1.29, 1.82) is 0 Å². The number of rotatable bonds is 11. The fourth-order valence-corrected chi connectivity index (χ4v) is 12.6. The first-order valence-corrected chi connectivity index (χ1v) is 21.0. The largest absolute Gasteiger partial charge is 0.394 e. The van der Waals surface area contributed by atoms with Crippen molar-refractivity contribution in [3.8, 4) is 0 Å². The zero-order valence-electron chi connectivity index (χ0n) is 34.6. The summed E-state index contributed by atoms with van der Waals surface area (Å²) in [5, 5.41) is 107. The number of aliphatic hydroxyl groups excluding tert-OH is 9. The highest BCUT2D eigenvalue weighted by Crippen LogP contribution is 2.75. The second kappa shape index (κ2) is 15.9. The molecule has 3 saturated carbocycles. The van der Waals surface area contributed by atoms with Crippen LogP contribution in [0.4, 0.5) is 0 Å². The van der Waals surface area contributed by atoms with Gasteiger partial charge in [0.1, 0.15) is 48.8 Å². The zero-order valence-corrected chi connectivity index (χ0v) is 34.6. The third kappa shape index (κ3) is 7.26. The standard InChI is InChI=1S/C42H72O14/c1-20(21-15-16-40(6)26-12-10-22-23(11-13-27(44)38(22,2)3)42(26,8)28(45)17-41(21,40)7)9-14-29(39(4,5)52)56-37-35(51)33(49)31(47)25(55-37)19-53-36-34(50)32(48)30(46)24(18-43)54-36/h10,20-21,23-37,43-52H,9,11-19H2,1-8H3/t20?,21-,23-,24-,25-,26+,27+,28-,29-,30-,31-,32+,33+,34-,35-,36-,37+,40+,41-,42+/m1/s1. The smallest absolute Gasteiger partial charge is 0.187 e. The van der Waals surface area contributed by atoms with E-state index in [4.69, 9.17) is 18.9 Å². The van der Waals surface area contributed by atoms with Crippen LogP contribution in [0.3, 0.4) is 0 Å². The van der Waals surface area contributed by atoms with Crippen molar-refractivity contribution in [1.82, 2.24) is 0 Å². The summed E-state index contributed by atoms with van der Waals surface area (Å²) in [5.41, 5.74) is -0.848. The minimum Gasteiger partial charge on any atom is -0.394 e. The molecule has 0 spiro atoms. The summed E-state index contributed by atoms with van der Waals surface area (Å²) in [5.74, 6) is 1.00. The maximum absolute atomic E-state index is 12.3. The first-order valence-electron chi connectivity index (χ1n) is 21.0. The van der Waals surface area contributed by atoms with Gasteiger partial charge in [-0.25, -0.2) is 0 Å². The van der Waals surface area contributed by atoms with Gasteiger partial charge in [0.15, 0.2) is 12.6 Å². The number of ether oxygens (including phenoxy) is 4. The van der Waals surface area contributed by atoms with Crippen molar-refractivity contribution in [3.63, 3.8) is 0 Å². The summed E-state index contributed by atoms with van der Waals surface area (Å²) in [6, 6.07) is 0. The van der Waals surface area contributed by atoms with Crippen molar-refractivity contribution >= 4 is 0 Å². The fraction of sp³-hybridized carbons (Fsp3) is 0.952. The van der Waals surface area contributed by atoms with Crippen LogP contribution in [0, 0.1) is 45.3 Å². The Hall–Kier alpha value is -0.820. The molecule has 56 heavy (non-hydrogen) atoms. The van der Waals surface area contributed by atoms with Crippen molar-refractivity contribution in [3.05, 3.63) is 11.6 Å². The van der Waals surface area contributed by atoms with Crippen molar-refractivity contribution in [2.45, 2.75) is 192 Å². The molecule has 10 N–H and O–H groups in total. The number of fused-ring (bicyclic) bond motifs is 5. The topological polar surface area (TPSA) is 239 Å². The molecular weight excluding hydrogens is 728 g/mol. The first-order chi connectivity index (χ1) is 25.9. The molecule has 4 aliphatic carbocycles. The molecule has 0 amide bonds. The third-order valence-corrected chi connectivity index (χ3v) is 16.6. The molecule has 5 fully saturated rings. The lowest BCUT2D eigenvalue weighted by atomic mass is 9.38. The molecule has 2 heterocycles. The van der Waals surface area contributed by atoms with Crippen LogP contribution < -0.4 is 0 Å². The average molecular weight is 801 g/mol. The molecule has 1 unspecified atom stereocenters. The summed E-state index contributed by atoms with van der Waals surface area (Å²) in [7, 11) is 0. The molecule has 0 aromatic rings. The molecular formula is C42H72O14. The van der Waals surface area contributed by atoms with Gasteiger partial charge >= 0.3 is 0 Å². The molecule has 0 radical (unpaired) electrons. The van der Waals surface area contributed by atoms with E-state index in [1.54, 1.807) is 13.8 Å². The predicted octanol–water partition coefficient (Wildman–Crippen LogP) is 1.12.